The highest BCUT2D eigenvalue weighted by atomic mass is 16.6. The van der Waals surface area contributed by atoms with Crippen molar-refractivity contribution < 1.29 is 28.6 Å². The highest BCUT2D eigenvalue weighted by molar-refractivity contribution is 5.71. The first-order chi connectivity index (χ1) is 27.9. The van der Waals surface area contributed by atoms with E-state index < -0.39 is 6.10 Å². The summed E-state index contributed by atoms with van der Waals surface area (Å²) >= 11 is 0. The lowest BCUT2D eigenvalue weighted by atomic mass is 10.0. The van der Waals surface area contributed by atoms with E-state index in [0.717, 1.165) is 63.7 Å². The quantitative estimate of drug-likeness (QED) is 0.0346. The second kappa shape index (κ2) is 45.5. The van der Waals surface area contributed by atoms with E-state index in [2.05, 4.69) is 27.7 Å². The molecule has 0 aromatic carbocycles. The van der Waals surface area contributed by atoms with E-state index in [1.54, 1.807) is 0 Å². The molecule has 0 bridgehead atoms. The van der Waals surface area contributed by atoms with E-state index in [1.165, 1.54) is 180 Å². The molecule has 0 radical (unpaired) electrons. The monoisotopic (exact) mass is 807 g/mol. The highest BCUT2D eigenvalue weighted by Gasteiger charge is 2.19. The summed E-state index contributed by atoms with van der Waals surface area (Å²) in [6.07, 6.45) is 46.6. The van der Waals surface area contributed by atoms with Gasteiger partial charge in [-0.1, -0.05) is 246 Å². The minimum Gasteiger partial charge on any atom is -0.462 e. The van der Waals surface area contributed by atoms with E-state index >= 15 is 0 Å². The minimum atomic E-state index is -0.760. The van der Waals surface area contributed by atoms with Gasteiger partial charge < -0.3 is 14.2 Å². The third kappa shape index (κ3) is 45.3. The summed E-state index contributed by atoms with van der Waals surface area (Å²) in [5.41, 5.74) is 0. The Bertz CT molecular complexity index is 857. The number of esters is 3. The van der Waals surface area contributed by atoms with Crippen molar-refractivity contribution in [3.05, 3.63) is 0 Å². The van der Waals surface area contributed by atoms with Crippen LogP contribution in [-0.2, 0) is 28.6 Å². The topological polar surface area (TPSA) is 78.9 Å². The molecule has 1 atom stereocenters. The van der Waals surface area contributed by atoms with Crippen LogP contribution in [0.3, 0.4) is 0 Å². The van der Waals surface area contributed by atoms with Crippen LogP contribution in [0.1, 0.15) is 285 Å². The number of carbonyl (C=O) groups is 3. The zero-order chi connectivity index (χ0) is 41.7. The number of unbranched alkanes of at least 4 members (excludes halogenated alkanes) is 33. The first kappa shape index (κ1) is 55.4. The molecule has 0 saturated carbocycles. The fourth-order valence-electron chi connectivity index (χ4n) is 7.69. The van der Waals surface area contributed by atoms with Gasteiger partial charge in [-0.2, -0.15) is 0 Å². The molecular formula is C51H98O6. The molecule has 0 fully saturated rings. The van der Waals surface area contributed by atoms with Gasteiger partial charge in [-0.3, -0.25) is 14.4 Å². The predicted octanol–water partition coefficient (Wildman–Crippen LogP) is 16.3. The SMILES string of the molecule is CCCCCCCCCCCCCCCCCCC(=O)OC[C@H](COC(=O)CCCCCCCCCCCCC)OC(=O)CCCCCCCCCCCC(C)C. The number of hydrogen-bond donors (Lipinski definition) is 0. The first-order valence-electron chi connectivity index (χ1n) is 25.4. The summed E-state index contributed by atoms with van der Waals surface area (Å²) < 4.78 is 16.8. The zero-order valence-electron chi connectivity index (χ0n) is 38.8. The van der Waals surface area contributed by atoms with Gasteiger partial charge >= 0.3 is 17.9 Å². The van der Waals surface area contributed by atoms with Gasteiger partial charge in [-0.05, 0) is 25.2 Å². The molecule has 0 rings (SSSR count). The van der Waals surface area contributed by atoms with Crippen LogP contribution in [0.4, 0.5) is 0 Å². The van der Waals surface area contributed by atoms with Gasteiger partial charge in [0, 0.05) is 19.3 Å². The molecule has 0 aromatic heterocycles. The van der Waals surface area contributed by atoms with Crippen molar-refractivity contribution in [3.63, 3.8) is 0 Å². The molecule has 0 saturated heterocycles. The Kier molecular flexibility index (Phi) is 44.2. The Hall–Kier alpha value is -1.59. The van der Waals surface area contributed by atoms with E-state index in [-0.39, 0.29) is 31.1 Å². The molecule has 0 aromatic rings. The average molecular weight is 807 g/mol. The summed E-state index contributed by atoms with van der Waals surface area (Å²) in [7, 11) is 0. The molecule has 6 nitrogen and oxygen atoms in total. The third-order valence-corrected chi connectivity index (χ3v) is 11.5. The molecule has 0 N–H and O–H groups in total. The molecule has 338 valence electrons. The third-order valence-electron chi connectivity index (χ3n) is 11.5. The lowest BCUT2D eigenvalue weighted by Crippen LogP contribution is -2.30. The number of ether oxygens (including phenoxy) is 3. The van der Waals surface area contributed by atoms with Crippen LogP contribution in [0.5, 0.6) is 0 Å². The van der Waals surface area contributed by atoms with Crippen molar-refractivity contribution >= 4 is 17.9 Å². The van der Waals surface area contributed by atoms with Crippen LogP contribution in [0.2, 0.25) is 0 Å². The molecule has 0 aliphatic rings. The maximum Gasteiger partial charge on any atom is 0.306 e. The van der Waals surface area contributed by atoms with Crippen LogP contribution >= 0.6 is 0 Å². The fraction of sp³-hybridized carbons (Fsp3) is 0.941. The molecule has 0 aliphatic carbocycles. The van der Waals surface area contributed by atoms with Gasteiger partial charge in [-0.15, -0.1) is 0 Å². The van der Waals surface area contributed by atoms with Crippen molar-refractivity contribution in [1.82, 2.24) is 0 Å². The Labute approximate surface area is 355 Å². The van der Waals surface area contributed by atoms with Gasteiger partial charge in [-0.25, -0.2) is 0 Å². The van der Waals surface area contributed by atoms with Gasteiger partial charge in [0.25, 0.3) is 0 Å². The Balaban J connectivity index is 4.28. The normalized spacial score (nSPS) is 11.9. The van der Waals surface area contributed by atoms with Crippen LogP contribution in [-0.4, -0.2) is 37.2 Å². The lowest BCUT2D eigenvalue weighted by Gasteiger charge is -2.18. The number of hydrogen-bond acceptors (Lipinski definition) is 6. The Morgan fingerprint density at radius 1 is 0.333 bits per heavy atom. The van der Waals surface area contributed by atoms with Crippen molar-refractivity contribution in [2.45, 2.75) is 291 Å². The minimum absolute atomic E-state index is 0.0632. The summed E-state index contributed by atoms with van der Waals surface area (Å²) in [5, 5.41) is 0. The predicted molar refractivity (Wildman–Crippen MR) is 243 cm³/mol. The first-order valence-corrected chi connectivity index (χ1v) is 25.4. The van der Waals surface area contributed by atoms with Gasteiger partial charge in [0.2, 0.25) is 0 Å². The highest BCUT2D eigenvalue weighted by Crippen LogP contribution is 2.17. The number of rotatable bonds is 46. The van der Waals surface area contributed by atoms with E-state index in [0.29, 0.717) is 19.3 Å². The van der Waals surface area contributed by atoms with Crippen LogP contribution in [0.15, 0.2) is 0 Å². The smallest absolute Gasteiger partial charge is 0.306 e. The maximum absolute atomic E-state index is 12.7. The molecule has 6 heteroatoms. The molecule has 57 heavy (non-hydrogen) atoms. The van der Waals surface area contributed by atoms with Crippen molar-refractivity contribution in [1.29, 1.82) is 0 Å². The largest absolute Gasteiger partial charge is 0.462 e. The molecule has 0 heterocycles. The van der Waals surface area contributed by atoms with Gasteiger partial charge in [0.15, 0.2) is 6.10 Å². The van der Waals surface area contributed by atoms with Crippen molar-refractivity contribution in [2.75, 3.05) is 13.2 Å². The van der Waals surface area contributed by atoms with Gasteiger partial charge in [0.1, 0.15) is 13.2 Å². The van der Waals surface area contributed by atoms with E-state index in [4.69, 9.17) is 14.2 Å². The molecular weight excluding hydrogens is 709 g/mol. The fourth-order valence-corrected chi connectivity index (χ4v) is 7.69. The second-order valence-corrected chi connectivity index (χ2v) is 17.9. The van der Waals surface area contributed by atoms with Crippen LogP contribution in [0.25, 0.3) is 0 Å². The standard InChI is InChI=1S/C51H98O6/c1-5-7-9-11-13-15-17-18-19-20-21-23-27-31-35-39-43-50(53)56-46-48(45-55-49(52)42-38-34-30-26-22-16-14-12-10-8-6-2)57-51(54)44-40-36-32-28-24-25-29-33-37-41-47(3)4/h47-48H,5-46H2,1-4H3/t48-/m0/s1. The summed E-state index contributed by atoms with van der Waals surface area (Å²) in [6.45, 7) is 9.00. The van der Waals surface area contributed by atoms with E-state index in [9.17, 15) is 14.4 Å². The Morgan fingerprint density at radius 3 is 0.860 bits per heavy atom. The Morgan fingerprint density at radius 2 is 0.579 bits per heavy atom. The average Bonchev–Trinajstić information content (AvgIpc) is 3.19. The number of carbonyl (C=O) groups excluding carboxylic acids is 3. The molecule has 0 unspecified atom stereocenters. The van der Waals surface area contributed by atoms with Crippen LogP contribution in [0, 0.1) is 5.92 Å². The summed E-state index contributed by atoms with van der Waals surface area (Å²) in [5.74, 6) is -0.0417. The van der Waals surface area contributed by atoms with Crippen molar-refractivity contribution in [3.8, 4) is 0 Å². The zero-order valence-corrected chi connectivity index (χ0v) is 38.8. The summed E-state index contributed by atoms with van der Waals surface area (Å²) in [4.78, 5) is 37.9. The maximum atomic E-state index is 12.7. The van der Waals surface area contributed by atoms with E-state index in [1.807, 2.05) is 0 Å². The lowest BCUT2D eigenvalue weighted by molar-refractivity contribution is -0.167. The molecule has 0 spiro atoms. The van der Waals surface area contributed by atoms with Gasteiger partial charge in [0.05, 0.1) is 0 Å². The van der Waals surface area contributed by atoms with Crippen LogP contribution < -0.4 is 0 Å². The summed E-state index contributed by atoms with van der Waals surface area (Å²) in [6, 6.07) is 0. The van der Waals surface area contributed by atoms with Crippen molar-refractivity contribution in [2.24, 2.45) is 5.92 Å². The second-order valence-electron chi connectivity index (χ2n) is 17.9. The molecule has 0 aliphatic heterocycles. The molecule has 0 amide bonds.